The third kappa shape index (κ3) is 5.36. The second kappa shape index (κ2) is 9.58. The van der Waals surface area contributed by atoms with E-state index in [1.165, 1.54) is 0 Å². The highest BCUT2D eigenvalue weighted by atomic mass is 16.4. The van der Waals surface area contributed by atoms with Gasteiger partial charge in [0.2, 0.25) is 0 Å². The van der Waals surface area contributed by atoms with Gasteiger partial charge in [-0.15, -0.1) is 0 Å². The predicted octanol–water partition coefficient (Wildman–Crippen LogP) is 1.77. The fourth-order valence-corrected chi connectivity index (χ4v) is 2.43. The van der Waals surface area contributed by atoms with Crippen LogP contribution in [0.3, 0.4) is 0 Å². The summed E-state index contributed by atoms with van der Waals surface area (Å²) in [5, 5.41) is 18.0. The maximum atomic E-state index is 12.6. The molecule has 0 aliphatic heterocycles. The number of carbonyl (C=O) groups excluding carboxylic acids is 1. The number of aliphatic carboxylic acids is 1. The van der Waals surface area contributed by atoms with E-state index < -0.39 is 5.97 Å². The van der Waals surface area contributed by atoms with Crippen molar-refractivity contribution in [1.82, 2.24) is 9.80 Å². The van der Waals surface area contributed by atoms with Gasteiger partial charge >= 0.3 is 12.0 Å². The molecule has 2 N–H and O–H groups in total. The first-order valence-corrected chi connectivity index (χ1v) is 7.32. The molecule has 0 radical (unpaired) electrons. The van der Waals surface area contributed by atoms with Crippen LogP contribution in [0.1, 0.15) is 47.0 Å². The van der Waals surface area contributed by atoms with E-state index >= 15 is 0 Å². The van der Waals surface area contributed by atoms with Gasteiger partial charge in [-0.1, -0.05) is 13.8 Å². The standard InChI is InChI=1S/C14H28N2O4/c1-5-12(6-2)16(8-9-17)14(20)15(7-3)11(4)10-13(18)19/h11-12,17H,5-10H2,1-4H3,(H,18,19). The Morgan fingerprint density at radius 2 is 1.65 bits per heavy atom. The molecule has 20 heavy (non-hydrogen) atoms. The molecule has 0 aliphatic rings. The number of hydrogen-bond donors (Lipinski definition) is 2. The monoisotopic (exact) mass is 288 g/mol. The predicted molar refractivity (Wildman–Crippen MR) is 77.7 cm³/mol. The summed E-state index contributed by atoms with van der Waals surface area (Å²) in [5.74, 6) is -0.917. The topological polar surface area (TPSA) is 81.1 Å². The molecular weight excluding hydrogens is 260 g/mol. The Morgan fingerprint density at radius 3 is 2.00 bits per heavy atom. The zero-order chi connectivity index (χ0) is 15.7. The van der Waals surface area contributed by atoms with Gasteiger partial charge in [-0.05, 0) is 26.7 Å². The van der Waals surface area contributed by atoms with Crippen LogP contribution < -0.4 is 0 Å². The second-order valence-electron chi connectivity index (χ2n) is 4.90. The minimum absolute atomic E-state index is 0.0701. The van der Waals surface area contributed by atoms with Crippen molar-refractivity contribution in [1.29, 1.82) is 0 Å². The molecule has 0 aromatic carbocycles. The normalized spacial score (nSPS) is 12.3. The Hall–Kier alpha value is -1.30. The Bertz CT molecular complexity index is 306. The molecule has 1 unspecified atom stereocenters. The smallest absolute Gasteiger partial charge is 0.320 e. The first kappa shape index (κ1) is 18.7. The molecule has 6 heteroatoms. The average Bonchev–Trinajstić information content (AvgIpc) is 2.38. The van der Waals surface area contributed by atoms with Crippen molar-refractivity contribution in [3.63, 3.8) is 0 Å². The van der Waals surface area contributed by atoms with Gasteiger partial charge < -0.3 is 20.0 Å². The molecule has 0 heterocycles. The first-order chi connectivity index (χ1) is 9.42. The van der Waals surface area contributed by atoms with Crippen LogP contribution in [0.4, 0.5) is 4.79 Å². The molecule has 0 rings (SSSR count). The van der Waals surface area contributed by atoms with Crippen LogP contribution in [0.5, 0.6) is 0 Å². The number of aliphatic hydroxyl groups excluding tert-OH is 1. The molecule has 0 fully saturated rings. The van der Waals surface area contributed by atoms with Gasteiger partial charge in [-0.25, -0.2) is 4.79 Å². The maximum Gasteiger partial charge on any atom is 0.320 e. The van der Waals surface area contributed by atoms with Crippen molar-refractivity contribution in [2.45, 2.75) is 59.0 Å². The van der Waals surface area contributed by atoms with E-state index in [9.17, 15) is 9.59 Å². The van der Waals surface area contributed by atoms with E-state index in [4.69, 9.17) is 10.2 Å². The van der Waals surface area contributed by atoms with Gasteiger partial charge in [0.05, 0.1) is 13.0 Å². The highest BCUT2D eigenvalue weighted by molar-refractivity contribution is 5.76. The number of aliphatic hydroxyl groups is 1. The van der Waals surface area contributed by atoms with E-state index in [0.29, 0.717) is 6.54 Å². The van der Waals surface area contributed by atoms with Crippen molar-refractivity contribution in [3.8, 4) is 0 Å². The van der Waals surface area contributed by atoms with Crippen LogP contribution in [0.15, 0.2) is 0 Å². The lowest BCUT2D eigenvalue weighted by Crippen LogP contribution is -2.52. The van der Waals surface area contributed by atoms with E-state index in [2.05, 4.69) is 0 Å². The van der Waals surface area contributed by atoms with Crippen LogP contribution in [-0.4, -0.2) is 63.8 Å². The van der Waals surface area contributed by atoms with Crippen LogP contribution in [0, 0.1) is 0 Å². The van der Waals surface area contributed by atoms with Gasteiger partial charge in [-0.3, -0.25) is 4.79 Å². The van der Waals surface area contributed by atoms with E-state index in [0.717, 1.165) is 12.8 Å². The summed E-state index contributed by atoms with van der Waals surface area (Å²) in [4.78, 5) is 26.6. The summed E-state index contributed by atoms with van der Waals surface area (Å²) in [6, 6.07) is -0.481. The molecule has 0 aromatic heterocycles. The first-order valence-electron chi connectivity index (χ1n) is 7.32. The Morgan fingerprint density at radius 1 is 1.10 bits per heavy atom. The van der Waals surface area contributed by atoms with E-state index in [-0.39, 0.29) is 37.7 Å². The van der Waals surface area contributed by atoms with Crippen LogP contribution in [0.25, 0.3) is 0 Å². The molecule has 1 atom stereocenters. The average molecular weight is 288 g/mol. The van der Waals surface area contributed by atoms with E-state index in [1.807, 2.05) is 20.8 Å². The molecule has 0 saturated heterocycles. The SMILES string of the molecule is CCC(CC)N(CCO)C(=O)N(CC)C(C)CC(=O)O. The summed E-state index contributed by atoms with van der Waals surface area (Å²) in [5.41, 5.74) is 0. The number of nitrogens with zero attached hydrogens (tertiary/aromatic N) is 2. The van der Waals surface area contributed by atoms with Crippen molar-refractivity contribution in [3.05, 3.63) is 0 Å². The van der Waals surface area contributed by atoms with Crippen molar-refractivity contribution in [2.75, 3.05) is 19.7 Å². The van der Waals surface area contributed by atoms with Crippen molar-refractivity contribution >= 4 is 12.0 Å². The zero-order valence-electron chi connectivity index (χ0n) is 13.0. The Labute approximate surface area is 121 Å². The summed E-state index contributed by atoms with van der Waals surface area (Å²) in [7, 11) is 0. The Balaban J connectivity index is 5.03. The third-order valence-corrected chi connectivity index (χ3v) is 3.56. The Kier molecular flexibility index (Phi) is 8.96. The summed E-state index contributed by atoms with van der Waals surface area (Å²) >= 11 is 0. The molecular formula is C14H28N2O4. The number of urea groups is 1. The summed E-state index contributed by atoms with van der Waals surface area (Å²) in [6.07, 6.45) is 1.55. The molecule has 0 aromatic rings. The molecule has 2 amide bonds. The number of rotatable bonds is 9. The molecule has 0 spiro atoms. The number of carboxylic acid groups (broad SMARTS) is 1. The molecule has 118 valence electrons. The van der Waals surface area contributed by atoms with Crippen molar-refractivity contribution < 1.29 is 19.8 Å². The summed E-state index contributed by atoms with van der Waals surface area (Å²) in [6.45, 7) is 8.22. The van der Waals surface area contributed by atoms with Gasteiger partial charge in [0.1, 0.15) is 0 Å². The lowest BCUT2D eigenvalue weighted by Gasteiger charge is -2.37. The third-order valence-electron chi connectivity index (χ3n) is 3.56. The minimum atomic E-state index is -0.917. The van der Waals surface area contributed by atoms with Gasteiger partial charge in [0.15, 0.2) is 0 Å². The van der Waals surface area contributed by atoms with Gasteiger partial charge in [-0.2, -0.15) is 0 Å². The van der Waals surface area contributed by atoms with Crippen LogP contribution in [-0.2, 0) is 4.79 Å². The summed E-state index contributed by atoms with van der Waals surface area (Å²) < 4.78 is 0. The fraction of sp³-hybridized carbons (Fsp3) is 0.857. The van der Waals surface area contributed by atoms with Gasteiger partial charge in [0, 0.05) is 25.2 Å². The lowest BCUT2D eigenvalue weighted by molar-refractivity contribution is -0.138. The quantitative estimate of drug-likeness (QED) is 0.677. The second-order valence-corrected chi connectivity index (χ2v) is 4.90. The molecule has 0 saturated carbocycles. The van der Waals surface area contributed by atoms with Crippen molar-refractivity contribution in [2.24, 2.45) is 0 Å². The number of carbonyl (C=O) groups is 2. The highest BCUT2D eigenvalue weighted by Gasteiger charge is 2.28. The molecule has 0 aliphatic carbocycles. The number of amides is 2. The number of carboxylic acids is 1. The van der Waals surface area contributed by atoms with E-state index in [1.54, 1.807) is 16.7 Å². The molecule has 6 nitrogen and oxygen atoms in total. The largest absolute Gasteiger partial charge is 0.481 e. The fourth-order valence-electron chi connectivity index (χ4n) is 2.43. The highest BCUT2D eigenvalue weighted by Crippen LogP contribution is 2.14. The minimum Gasteiger partial charge on any atom is -0.481 e. The van der Waals surface area contributed by atoms with Gasteiger partial charge in [0.25, 0.3) is 0 Å². The maximum absolute atomic E-state index is 12.6. The molecule has 0 bridgehead atoms. The number of hydrogen-bond acceptors (Lipinski definition) is 3. The van der Waals surface area contributed by atoms with Crippen LogP contribution >= 0.6 is 0 Å². The van der Waals surface area contributed by atoms with Crippen LogP contribution in [0.2, 0.25) is 0 Å². The lowest BCUT2D eigenvalue weighted by atomic mass is 10.1. The zero-order valence-corrected chi connectivity index (χ0v) is 13.0.